The average Bonchev–Trinajstić information content (AvgIpc) is 2.59. The first kappa shape index (κ1) is 18.4. The number of hydrogen-bond acceptors (Lipinski definition) is 5. The van der Waals surface area contributed by atoms with Gasteiger partial charge in [0.2, 0.25) is 10.0 Å². The fraction of sp³-hybridized carbons (Fsp3) is 0.353. The number of aromatic nitrogens is 1. The van der Waals surface area contributed by atoms with Crippen molar-refractivity contribution in [2.45, 2.75) is 18.4 Å². The number of sulfonamides is 1. The van der Waals surface area contributed by atoms with Crippen LogP contribution in [0.15, 0.2) is 47.6 Å². The first-order valence-electron chi connectivity index (χ1n) is 7.51. The van der Waals surface area contributed by atoms with E-state index in [1.54, 1.807) is 50.9 Å². The maximum absolute atomic E-state index is 13.0. The normalized spacial score (nSPS) is 11.7. The number of pyridine rings is 1. The van der Waals surface area contributed by atoms with Gasteiger partial charge >= 0.3 is 0 Å². The van der Waals surface area contributed by atoms with Gasteiger partial charge in [-0.25, -0.2) is 8.42 Å². The summed E-state index contributed by atoms with van der Waals surface area (Å²) in [7, 11) is -0.542. The summed E-state index contributed by atoms with van der Waals surface area (Å²) in [5.41, 5.74) is 1.59. The summed E-state index contributed by atoms with van der Waals surface area (Å²) in [4.78, 5) is 4.28. The molecule has 1 aromatic carbocycles. The lowest BCUT2D eigenvalue weighted by Crippen LogP contribution is -2.33. The van der Waals surface area contributed by atoms with Gasteiger partial charge in [0.25, 0.3) is 0 Å². The molecule has 2 aromatic rings. The molecular weight excluding hydrogens is 328 g/mol. The number of hydrogen-bond donors (Lipinski definition) is 0. The van der Waals surface area contributed by atoms with Crippen LogP contribution in [0, 0.1) is 6.92 Å². The van der Waals surface area contributed by atoms with E-state index in [1.807, 2.05) is 13.0 Å². The largest absolute Gasteiger partial charge is 0.496 e. The summed E-state index contributed by atoms with van der Waals surface area (Å²) in [5.74, 6) is 0.657. The van der Waals surface area contributed by atoms with Crippen molar-refractivity contribution in [3.8, 4) is 5.75 Å². The van der Waals surface area contributed by atoms with Gasteiger partial charge in [-0.05, 0) is 42.3 Å². The first-order chi connectivity index (χ1) is 11.5. The molecule has 0 unspecified atom stereocenters. The Balaban J connectivity index is 2.34. The fourth-order valence-corrected chi connectivity index (χ4v) is 3.83. The number of methoxy groups -OCH3 is 2. The SMILES string of the molecule is COCCN(Cc1cccnc1)S(=O)(=O)c1ccc(OC)c(C)c1. The van der Waals surface area contributed by atoms with Crippen LogP contribution in [0.1, 0.15) is 11.1 Å². The molecule has 0 N–H and O–H groups in total. The van der Waals surface area contributed by atoms with E-state index in [-0.39, 0.29) is 18.0 Å². The maximum Gasteiger partial charge on any atom is 0.243 e. The van der Waals surface area contributed by atoms with Gasteiger partial charge in [0.1, 0.15) is 5.75 Å². The van der Waals surface area contributed by atoms with Crippen LogP contribution in [0.4, 0.5) is 0 Å². The summed E-state index contributed by atoms with van der Waals surface area (Å²) in [5, 5.41) is 0. The third-order valence-electron chi connectivity index (χ3n) is 3.63. The Hall–Kier alpha value is -1.96. The van der Waals surface area contributed by atoms with Crippen LogP contribution < -0.4 is 4.74 Å². The van der Waals surface area contributed by atoms with Crippen LogP contribution in [-0.4, -0.2) is 45.1 Å². The van der Waals surface area contributed by atoms with Crippen molar-refractivity contribution in [1.82, 2.24) is 9.29 Å². The Morgan fingerprint density at radius 2 is 2.00 bits per heavy atom. The summed E-state index contributed by atoms with van der Waals surface area (Å²) in [6.07, 6.45) is 3.32. The minimum atomic E-state index is -3.65. The maximum atomic E-state index is 13.0. The molecule has 0 bridgehead atoms. The third-order valence-corrected chi connectivity index (χ3v) is 5.47. The predicted molar refractivity (Wildman–Crippen MR) is 91.4 cm³/mol. The van der Waals surface area contributed by atoms with E-state index in [0.29, 0.717) is 12.4 Å². The lowest BCUT2D eigenvalue weighted by molar-refractivity contribution is 0.177. The molecule has 1 aromatic heterocycles. The van der Waals surface area contributed by atoms with E-state index in [2.05, 4.69) is 4.98 Å². The van der Waals surface area contributed by atoms with Crippen molar-refractivity contribution >= 4 is 10.0 Å². The summed E-state index contributed by atoms with van der Waals surface area (Å²) in [6.45, 7) is 2.64. The molecule has 24 heavy (non-hydrogen) atoms. The van der Waals surface area contributed by atoms with Gasteiger partial charge in [-0.2, -0.15) is 4.31 Å². The Kier molecular flexibility index (Phi) is 6.30. The Morgan fingerprint density at radius 1 is 1.21 bits per heavy atom. The molecular formula is C17H22N2O4S. The lowest BCUT2D eigenvalue weighted by atomic mass is 10.2. The monoisotopic (exact) mass is 350 g/mol. The van der Waals surface area contributed by atoms with E-state index < -0.39 is 10.0 Å². The highest BCUT2D eigenvalue weighted by atomic mass is 32.2. The molecule has 0 aliphatic carbocycles. The van der Waals surface area contributed by atoms with Gasteiger partial charge < -0.3 is 9.47 Å². The van der Waals surface area contributed by atoms with Crippen LogP contribution >= 0.6 is 0 Å². The van der Waals surface area contributed by atoms with Crippen LogP contribution in [0.3, 0.4) is 0 Å². The fourth-order valence-electron chi connectivity index (χ4n) is 2.33. The molecule has 130 valence electrons. The van der Waals surface area contributed by atoms with Gasteiger partial charge in [0, 0.05) is 32.6 Å². The highest BCUT2D eigenvalue weighted by Crippen LogP contribution is 2.24. The van der Waals surface area contributed by atoms with Crippen LogP contribution in [-0.2, 0) is 21.3 Å². The van der Waals surface area contributed by atoms with Crippen molar-refractivity contribution < 1.29 is 17.9 Å². The van der Waals surface area contributed by atoms with E-state index >= 15 is 0 Å². The smallest absolute Gasteiger partial charge is 0.243 e. The van der Waals surface area contributed by atoms with E-state index in [4.69, 9.17) is 9.47 Å². The molecule has 1 heterocycles. The molecule has 0 atom stereocenters. The quantitative estimate of drug-likeness (QED) is 0.730. The second-order valence-corrected chi connectivity index (χ2v) is 7.26. The van der Waals surface area contributed by atoms with Crippen LogP contribution in [0.2, 0.25) is 0 Å². The number of ether oxygens (including phenoxy) is 2. The number of aryl methyl sites for hydroxylation is 1. The van der Waals surface area contributed by atoms with Crippen molar-refractivity contribution in [1.29, 1.82) is 0 Å². The molecule has 0 fully saturated rings. The van der Waals surface area contributed by atoms with Gasteiger partial charge in [-0.15, -0.1) is 0 Å². The molecule has 2 rings (SSSR count). The third kappa shape index (κ3) is 4.31. The zero-order chi connectivity index (χ0) is 17.6. The van der Waals surface area contributed by atoms with Crippen molar-refractivity contribution in [3.63, 3.8) is 0 Å². The number of benzene rings is 1. The lowest BCUT2D eigenvalue weighted by Gasteiger charge is -2.22. The summed E-state index contributed by atoms with van der Waals surface area (Å²) < 4.78 is 37.7. The molecule has 7 heteroatoms. The highest BCUT2D eigenvalue weighted by Gasteiger charge is 2.25. The van der Waals surface area contributed by atoms with Gasteiger partial charge in [0.15, 0.2) is 0 Å². The Bertz CT molecular complexity index is 763. The predicted octanol–water partition coefficient (Wildman–Crippen LogP) is 2.24. The van der Waals surface area contributed by atoms with Crippen LogP contribution in [0.5, 0.6) is 5.75 Å². The zero-order valence-corrected chi connectivity index (χ0v) is 14.9. The topological polar surface area (TPSA) is 68.7 Å². The molecule has 0 aliphatic rings. The molecule has 0 saturated carbocycles. The van der Waals surface area contributed by atoms with Crippen molar-refractivity contribution in [3.05, 3.63) is 53.9 Å². The zero-order valence-electron chi connectivity index (χ0n) is 14.1. The Morgan fingerprint density at radius 3 is 2.58 bits per heavy atom. The number of nitrogens with zero attached hydrogens (tertiary/aromatic N) is 2. The van der Waals surface area contributed by atoms with Crippen molar-refractivity contribution in [2.75, 3.05) is 27.4 Å². The molecule has 0 amide bonds. The van der Waals surface area contributed by atoms with Gasteiger partial charge in [-0.1, -0.05) is 6.07 Å². The molecule has 0 radical (unpaired) electrons. The van der Waals surface area contributed by atoms with E-state index in [0.717, 1.165) is 11.1 Å². The van der Waals surface area contributed by atoms with Gasteiger partial charge in [0.05, 0.1) is 18.6 Å². The molecule has 0 spiro atoms. The first-order valence-corrected chi connectivity index (χ1v) is 8.95. The van der Waals surface area contributed by atoms with E-state index in [1.165, 1.54) is 4.31 Å². The molecule has 6 nitrogen and oxygen atoms in total. The minimum absolute atomic E-state index is 0.237. The van der Waals surface area contributed by atoms with Crippen molar-refractivity contribution in [2.24, 2.45) is 0 Å². The summed E-state index contributed by atoms with van der Waals surface area (Å²) in [6, 6.07) is 8.48. The highest BCUT2D eigenvalue weighted by molar-refractivity contribution is 7.89. The van der Waals surface area contributed by atoms with E-state index in [9.17, 15) is 8.42 Å². The molecule has 0 saturated heterocycles. The standard InChI is InChI=1S/C17H22N2O4S/c1-14-11-16(6-7-17(14)23-3)24(20,21)19(9-10-22-2)13-15-5-4-8-18-12-15/h4-8,11-12H,9-10,13H2,1-3H3. The second-order valence-electron chi connectivity index (χ2n) is 5.32. The van der Waals surface area contributed by atoms with Crippen LogP contribution in [0.25, 0.3) is 0 Å². The average molecular weight is 350 g/mol. The minimum Gasteiger partial charge on any atom is -0.496 e. The summed E-state index contributed by atoms with van der Waals surface area (Å²) >= 11 is 0. The second kappa shape index (κ2) is 8.23. The molecule has 0 aliphatic heterocycles. The Labute approximate surface area is 143 Å². The number of rotatable bonds is 8. The van der Waals surface area contributed by atoms with Gasteiger partial charge in [-0.3, -0.25) is 4.98 Å².